The minimum absolute atomic E-state index is 0. The zero-order valence-electron chi connectivity index (χ0n) is 11.9. The summed E-state index contributed by atoms with van der Waals surface area (Å²) in [5, 5.41) is 2.73. The van der Waals surface area contributed by atoms with Crippen LogP contribution < -0.4 is 15.8 Å². The number of hydrogen-bond acceptors (Lipinski definition) is 4. The number of alkyl halides is 2. The van der Waals surface area contributed by atoms with E-state index < -0.39 is 12.2 Å². The van der Waals surface area contributed by atoms with Gasteiger partial charge >= 0.3 is 6.61 Å². The van der Waals surface area contributed by atoms with Crippen molar-refractivity contribution in [2.45, 2.75) is 31.5 Å². The van der Waals surface area contributed by atoms with Crippen LogP contribution in [0.15, 0.2) is 24.3 Å². The molecule has 0 bridgehead atoms. The zero-order chi connectivity index (χ0) is 15.3. The van der Waals surface area contributed by atoms with Gasteiger partial charge in [-0.1, -0.05) is 12.1 Å². The number of nitrogens with one attached hydrogen (secondary N) is 1. The Hall–Kier alpha value is -1.44. The third kappa shape index (κ3) is 5.08. The first-order valence-electron chi connectivity index (χ1n) is 6.68. The molecule has 2 rings (SSSR count). The van der Waals surface area contributed by atoms with Gasteiger partial charge in [0.15, 0.2) is 0 Å². The highest BCUT2D eigenvalue weighted by atomic mass is 35.5. The summed E-state index contributed by atoms with van der Waals surface area (Å²) in [7, 11) is 0. The third-order valence-corrected chi connectivity index (χ3v) is 3.41. The highest BCUT2D eigenvalue weighted by Gasteiger charge is 2.35. The molecule has 1 heterocycles. The van der Waals surface area contributed by atoms with Gasteiger partial charge in [0.2, 0.25) is 5.91 Å². The molecular formula is C14H19ClF2N2O3. The summed E-state index contributed by atoms with van der Waals surface area (Å²) < 4.78 is 33.8. The molecule has 1 fully saturated rings. The first-order chi connectivity index (χ1) is 9.99. The monoisotopic (exact) mass is 336 g/mol. The quantitative estimate of drug-likeness (QED) is 0.860. The van der Waals surface area contributed by atoms with Crippen LogP contribution in [0.2, 0.25) is 0 Å². The number of halogens is 3. The molecule has 0 aromatic heterocycles. The van der Waals surface area contributed by atoms with E-state index in [1.165, 1.54) is 12.1 Å². The fourth-order valence-corrected chi connectivity index (χ4v) is 2.15. The van der Waals surface area contributed by atoms with Crippen LogP contribution in [0.5, 0.6) is 5.75 Å². The minimum Gasteiger partial charge on any atom is -0.435 e. The van der Waals surface area contributed by atoms with Crippen molar-refractivity contribution in [1.82, 2.24) is 5.32 Å². The molecular weight excluding hydrogens is 318 g/mol. The van der Waals surface area contributed by atoms with Gasteiger partial charge in [-0.05, 0) is 30.5 Å². The third-order valence-electron chi connectivity index (χ3n) is 3.41. The predicted octanol–water partition coefficient (Wildman–Crippen LogP) is 1.83. The smallest absolute Gasteiger partial charge is 0.387 e. The van der Waals surface area contributed by atoms with Crippen molar-refractivity contribution < 1.29 is 23.0 Å². The lowest BCUT2D eigenvalue weighted by Gasteiger charge is -2.31. The molecule has 1 aromatic carbocycles. The molecule has 22 heavy (non-hydrogen) atoms. The lowest BCUT2D eigenvalue weighted by atomic mass is 9.90. The summed E-state index contributed by atoms with van der Waals surface area (Å²) in [5.74, 6) is -0.198. The van der Waals surface area contributed by atoms with Gasteiger partial charge in [0, 0.05) is 19.8 Å². The molecule has 1 aliphatic heterocycles. The predicted molar refractivity (Wildman–Crippen MR) is 79.1 cm³/mol. The van der Waals surface area contributed by atoms with Crippen molar-refractivity contribution in [3.63, 3.8) is 0 Å². The van der Waals surface area contributed by atoms with E-state index in [0.29, 0.717) is 31.6 Å². The number of nitrogens with two attached hydrogens (primary N) is 1. The standard InChI is InChI=1S/C14H18F2N2O3.ClH/c15-13(16)21-11-3-1-2-10(8-11)9-18-12(19)14(17)4-6-20-7-5-14;/h1-3,8,13H,4-7,9,17H2,(H,18,19);1H. The number of rotatable bonds is 5. The van der Waals surface area contributed by atoms with E-state index in [0.717, 1.165) is 0 Å². The second kappa shape index (κ2) is 8.26. The first-order valence-corrected chi connectivity index (χ1v) is 6.68. The van der Waals surface area contributed by atoms with Crippen LogP contribution in [0.25, 0.3) is 0 Å². The Labute approximate surface area is 133 Å². The molecule has 0 spiro atoms. The molecule has 0 unspecified atom stereocenters. The van der Waals surface area contributed by atoms with E-state index >= 15 is 0 Å². The Bertz CT molecular complexity index is 497. The lowest BCUT2D eigenvalue weighted by molar-refractivity contribution is -0.129. The number of hydrogen-bond donors (Lipinski definition) is 2. The van der Waals surface area contributed by atoms with Crippen molar-refractivity contribution >= 4 is 18.3 Å². The molecule has 1 aliphatic rings. The summed E-state index contributed by atoms with van der Waals surface area (Å²) in [5.41, 5.74) is 5.79. The lowest BCUT2D eigenvalue weighted by Crippen LogP contribution is -2.56. The average Bonchev–Trinajstić information content (AvgIpc) is 2.45. The topological polar surface area (TPSA) is 73.6 Å². The van der Waals surface area contributed by atoms with Gasteiger partial charge in [0.1, 0.15) is 5.75 Å². The molecule has 8 heteroatoms. The van der Waals surface area contributed by atoms with Crippen LogP contribution in [0, 0.1) is 0 Å². The maximum Gasteiger partial charge on any atom is 0.387 e. The van der Waals surface area contributed by atoms with E-state index in [4.69, 9.17) is 10.5 Å². The van der Waals surface area contributed by atoms with Gasteiger partial charge in [-0.15, -0.1) is 12.4 Å². The Morgan fingerprint density at radius 1 is 1.41 bits per heavy atom. The molecule has 1 saturated heterocycles. The summed E-state index contributed by atoms with van der Waals surface area (Å²) in [4.78, 5) is 12.1. The van der Waals surface area contributed by atoms with Gasteiger partial charge in [0.05, 0.1) is 5.54 Å². The summed E-state index contributed by atoms with van der Waals surface area (Å²) in [6, 6.07) is 6.19. The van der Waals surface area contributed by atoms with E-state index in [1.54, 1.807) is 12.1 Å². The van der Waals surface area contributed by atoms with Gasteiger partial charge in [-0.3, -0.25) is 4.79 Å². The number of carbonyl (C=O) groups excluding carboxylic acids is 1. The summed E-state index contributed by atoms with van der Waals surface area (Å²) in [6.07, 6.45) is 0.931. The first kappa shape index (κ1) is 18.6. The van der Waals surface area contributed by atoms with Gasteiger partial charge < -0.3 is 20.5 Å². The Morgan fingerprint density at radius 3 is 2.73 bits per heavy atom. The van der Waals surface area contributed by atoms with E-state index in [9.17, 15) is 13.6 Å². The maximum absolute atomic E-state index is 12.1. The second-order valence-corrected chi connectivity index (χ2v) is 4.98. The zero-order valence-corrected chi connectivity index (χ0v) is 12.7. The van der Waals surface area contributed by atoms with Crippen LogP contribution in [0.1, 0.15) is 18.4 Å². The van der Waals surface area contributed by atoms with Crippen molar-refractivity contribution in [1.29, 1.82) is 0 Å². The molecule has 3 N–H and O–H groups in total. The SMILES string of the molecule is Cl.NC1(C(=O)NCc2cccc(OC(F)F)c2)CCOCC1. The van der Waals surface area contributed by atoms with E-state index in [1.807, 2.05) is 0 Å². The van der Waals surface area contributed by atoms with Crippen LogP contribution >= 0.6 is 12.4 Å². The van der Waals surface area contributed by atoms with Crippen LogP contribution in [-0.2, 0) is 16.1 Å². The maximum atomic E-state index is 12.1. The van der Waals surface area contributed by atoms with Gasteiger partial charge in [-0.25, -0.2) is 0 Å². The van der Waals surface area contributed by atoms with Crippen LogP contribution in [0.3, 0.4) is 0 Å². The van der Waals surface area contributed by atoms with Crippen molar-refractivity contribution in [2.75, 3.05) is 13.2 Å². The number of benzene rings is 1. The average molecular weight is 337 g/mol. The van der Waals surface area contributed by atoms with Crippen molar-refractivity contribution in [3.05, 3.63) is 29.8 Å². The number of ether oxygens (including phenoxy) is 2. The van der Waals surface area contributed by atoms with Crippen molar-refractivity contribution in [3.8, 4) is 5.75 Å². The van der Waals surface area contributed by atoms with Crippen LogP contribution in [0.4, 0.5) is 8.78 Å². The van der Waals surface area contributed by atoms with E-state index in [2.05, 4.69) is 10.1 Å². The molecule has 1 aromatic rings. The Kier molecular flexibility index (Phi) is 6.99. The Balaban J connectivity index is 0.00000242. The molecule has 0 atom stereocenters. The van der Waals surface area contributed by atoms with Gasteiger partial charge in [0.25, 0.3) is 0 Å². The molecule has 5 nitrogen and oxygen atoms in total. The highest BCUT2D eigenvalue weighted by molar-refractivity contribution is 5.86. The van der Waals surface area contributed by atoms with E-state index in [-0.39, 0.29) is 30.6 Å². The van der Waals surface area contributed by atoms with Crippen molar-refractivity contribution in [2.24, 2.45) is 5.73 Å². The fraction of sp³-hybridized carbons (Fsp3) is 0.500. The molecule has 0 saturated carbocycles. The van der Waals surface area contributed by atoms with Crippen LogP contribution in [-0.4, -0.2) is 31.3 Å². The molecule has 0 aliphatic carbocycles. The molecule has 1 amide bonds. The fourth-order valence-electron chi connectivity index (χ4n) is 2.15. The molecule has 124 valence electrons. The summed E-state index contributed by atoms with van der Waals surface area (Å²) >= 11 is 0. The Morgan fingerprint density at radius 2 is 2.09 bits per heavy atom. The van der Waals surface area contributed by atoms with Gasteiger partial charge in [-0.2, -0.15) is 8.78 Å². The normalized spacial score (nSPS) is 16.7. The largest absolute Gasteiger partial charge is 0.435 e. The number of amides is 1. The minimum atomic E-state index is -2.87. The second-order valence-electron chi connectivity index (χ2n) is 4.98. The summed E-state index contributed by atoms with van der Waals surface area (Å²) in [6.45, 7) is -1.74. The number of carbonyl (C=O) groups is 1. The highest BCUT2D eigenvalue weighted by Crippen LogP contribution is 2.19. The molecule has 0 radical (unpaired) electrons.